The number of rotatable bonds is 4. The number of benzene rings is 2. The average molecular weight is 347 g/mol. The number of hydrogen-bond acceptors (Lipinski definition) is 1. The second kappa shape index (κ2) is 7.27. The molecule has 21 heavy (non-hydrogen) atoms. The van der Waals surface area contributed by atoms with E-state index in [1.54, 1.807) is 0 Å². The van der Waals surface area contributed by atoms with E-state index in [1.807, 2.05) is 62.4 Å². The molecule has 0 spiro atoms. The van der Waals surface area contributed by atoms with Crippen molar-refractivity contribution in [2.45, 2.75) is 26.4 Å². The first-order valence-electron chi connectivity index (χ1n) is 6.90. The van der Waals surface area contributed by atoms with Gasteiger partial charge in [0.15, 0.2) is 0 Å². The summed E-state index contributed by atoms with van der Waals surface area (Å²) in [6.45, 7) is 4.54. The van der Waals surface area contributed by atoms with Crippen LogP contribution in [0.4, 0.5) is 4.79 Å². The van der Waals surface area contributed by atoms with Crippen molar-refractivity contribution in [3.63, 3.8) is 0 Å². The maximum Gasteiger partial charge on any atom is 0.315 e. The van der Waals surface area contributed by atoms with E-state index in [1.165, 1.54) is 5.56 Å². The number of hydrogen-bond donors (Lipinski definition) is 2. The summed E-state index contributed by atoms with van der Waals surface area (Å²) in [5.41, 5.74) is 3.38. The smallest absolute Gasteiger partial charge is 0.315 e. The van der Waals surface area contributed by atoms with E-state index < -0.39 is 0 Å². The van der Waals surface area contributed by atoms with E-state index in [0.717, 1.165) is 15.6 Å². The van der Waals surface area contributed by atoms with Crippen LogP contribution in [0.5, 0.6) is 0 Å². The van der Waals surface area contributed by atoms with Crippen LogP contribution in [-0.4, -0.2) is 6.03 Å². The molecule has 2 N–H and O–H groups in total. The zero-order valence-electron chi connectivity index (χ0n) is 12.2. The number of amides is 2. The molecule has 1 atom stereocenters. The molecule has 110 valence electrons. The van der Waals surface area contributed by atoms with Crippen LogP contribution in [0, 0.1) is 6.92 Å². The van der Waals surface area contributed by atoms with E-state index in [9.17, 15) is 4.79 Å². The molecule has 0 saturated carbocycles. The fourth-order valence-corrected chi connectivity index (χ4v) is 2.24. The molecule has 0 fully saturated rings. The molecule has 0 aliphatic carbocycles. The third-order valence-electron chi connectivity index (χ3n) is 3.29. The Morgan fingerprint density at radius 2 is 1.71 bits per heavy atom. The summed E-state index contributed by atoms with van der Waals surface area (Å²) in [5.74, 6) is 0. The predicted octanol–water partition coefficient (Wildman–Crippen LogP) is 4.32. The third-order valence-corrected chi connectivity index (χ3v) is 3.82. The molecule has 2 amide bonds. The van der Waals surface area contributed by atoms with Gasteiger partial charge >= 0.3 is 6.03 Å². The second-order valence-electron chi connectivity index (χ2n) is 5.09. The number of halogens is 1. The van der Waals surface area contributed by atoms with Gasteiger partial charge < -0.3 is 10.6 Å². The first-order chi connectivity index (χ1) is 10.0. The minimum absolute atomic E-state index is 0.0314. The van der Waals surface area contributed by atoms with Gasteiger partial charge in [-0.1, -0.05) is 57.9 Å². The van der Waals surface area contributed by atoms with E-state index in [0.29, 0.717) is 6.54 Å². The van der Waals surface area contributed by atoms with Gasteiger partial charge in [0, 0.05) is 11.0 Å². The minimum atomic E-state index is -0.161. The molecule has 4 heteroatoms. The third kappa shape index (κ3) is 4.90. The predicted molar refractivity (Wildman–Crippen MR) is 89.1 cm³/mol. The lowest BCUT2D eigenvalue weighted by molar-refractivity contribution is 0.237. The SMILES string of the molecule is Cc1ccc(CNC(=O)NC(C)c2ccc(Br)cc2)cc1. The van der Waals surface area contributed by atoms with Crippen molar-refractivity contribution < 1.29 is 4.79 Å². The molecular weight excluding hydrogens is 328 g/mol. The number of nitrogens with one attached hydrogen (secondary N) is 2. The first kappa shape index (κ1) is 15.6. The van der Waals surface area contributed by atoms with Crippen molar-refractivity contribution in [3.05, 3.63) is 69.7 Å². The summed E-state index contributed by atoms with van der Waals surface area (Å²) in [6, 6.07) is 15.9. The van der Waals surface area contributed by atoms with E-state index in [-0.39, 0.29) is 12.1 Å². The van der Waals surface area contributed by atoms with Crippen molar-refractivity contribution in [1.29, 1.82) is 0 Å². The molecule has 2 aromatic rings. The Hall–Kier alpha value is -1.81. The van der Waals surface area contributed by atoms with Crippen LogP contribution in [0.15, 0.2) is 53.0 Å². The van der Waals surface area contributed by atoms with Crippen LogP contribution in [0.25, 0.3) is 0 Å². The average Bonchev–Trinajstić information content (AvgIpc) is 2.47. The van der Waals surface area contributed by atoms with Gasteiger partial charge in [0.1, 0.15) is 0 Å². The van der Waals surface area contributed by atoms with Crippen molar-refractivity contribution in [2.75, 3.05) is 0 Å². The van der Waals surface area contributed by atoms with Gasteiger partial charge in [0.25, 0.3) is 0 Å². The Morgan fingerprint density at radius 1 is 1.10 bits per heavy atom. The Labute approximate surface area is 133 Å². The second-order valence-corrected chi connectivity index (χ2v) is 6.00. The van der Waals surface area contributed by atoms with Gasteiger partial charge in [-0.15, -0.1) is 0 Å². The van der Waals surface area contributed by atoms with Crippen molar-refractivity contribution in [1.82, 2.24) is 10.6 Å². The molecule has 2 aromatic carbocycles. The number of carbonyl (C=O) groups is 1. The minimum Gasteiger partial charge on any atom is -0.334 e. The maximum absolute atomic E-state index is 11.9. The van der Waals surface area contributed by atoms with Crippen molar-refractivity contribution >= 4 is 22.0 Å². The zero-order valence-corrected chi connectivity index (χ0v) is 13.8. The lowest BCUT2D eigenvalue weighted by Gasteiger charge is -2.15. The number of carbonyl (C=O) groups excluding carboxylic acids is 1. The van der Waals surface area contributed by atoms with E-state index >= 15 is 0 Å². The summed E-state index contributed by atoms with van der Waals surface area (Å²) in [4.78, 5) is 11.9. The topological polar surface area (TPSA) is 41.1 Å². The summed E-state index contributed by atoms with van der Waals surface area (Å²) in [6.07, 6.45) is 0. The highest BCUT2D eigenvalue weighted by Gasteiger charge is 2.08. The number of urea groups is 1. The molecule has 0 radical (unpaired) electrons. The first-order valence-corrected chi connectivity index (χ1v) is 7.69. The molecule has 1 unspecified atom stereocenters. The molecule has 0 saturated heterocycles. The molecule has 3 nitrogen and oxygen atoms in total. The highest BCUT2D eigenvalue weighted by Crippen LogP contribution is 2.16. The quantitative estimate of drug-likeness (QED) is 0.850. The summed E-state index contributed by atoms with van der Waals surface area (Å²) >= 11 is 3.40. The molecule has 0 aliphatic rings. The van der Waals surface area contributed by atoms with Crippen LogP contribution < -0.4 is 10.6 Å². The Balaban J connectivity index is 1.83. The van der Waals surface area contributed by atoms with Gasteiger partial charge in [0.05, 0.1) is 6.04 Å². The van der Waals surface area contributed by atoms with Crippen LogP contribution in [0.1, 0.15) is 29.7 Å². The number of aryl methyl sites for hydroxylation is 1. The van der Waals surface area contributed by atoms with Crippen LogP contribution in [0.2, 0.25) is 0 Å². The summed E-state index contributed by atoms with van der Waals surface area (Å²) in [7, 11) is 0. The largest absolute Gasteiger partial charge is 0.334 e. The van der Waals surface area contributed by atoms with Crippen LogP contribution >= 0.6 is 15.9 Å². The molecule has 0 aliphatic heterocycles. The fourth-order valence-electron chi connectivity index (χ4n) is 1.97. The highest BCUT2D eigenvalue weighted by atomic mass is 79.9. The molecule has 2 rings (SSSR count). The fraction of sp³-hybridized carbons (Fsp3) is 0.235. The van der Waals surface area contributed by atoms with Gasteiger partial charge in [-0.05, 0) is 37.1 Å². The van der Waals surface area contributed by atoms with E-state index in [2.05, 4.69) is 26.6 Å². The molecule has 0 aromatic heterocycles. The summed E-state index contributed by atoms with van der Waals surface area (Å²) < 4.78 is 1.03. The van der Waals surface area contributed by atoms with Gasteiger partial charge in [-0.2, -0.15) is 0 Å². The molecule has 0 bridgehead atoms. The van der Waals surface area contributed by atoms with Gasteiger partial charge in [-0.25, -0.2) is 4.79 Å². The Bertz CT molecular complexity index is 593. The monoisotopic (exact) mass is 346 g/mol. The molecule has 0 heterocycles. The van der Waals surface area contributed by atoms with Gasteiger partial charge in [0.2, 0.25) is 0 Å². The van der Waals surface area contributed by atoms with E-state index in [4.69, 9.17) is 0 Å². The summed E-state index contributed by atoms with van der Waals surface area (Å²) in [5, 5.41) is 5.80. The molecular formula is C17H19BrN2O. The zero-order chi connectivity index (χ0) is 15.2. The lowest BCUT2D eigenvalue weighted by atomic mass is 10.1. The van der Waals surface area contributed by atoms with Crippen molar-refractivity contribution in [2.24, 2.45) is 0 Å². The lowest BCUT2D eigenvalue weighted by Crippen LogP contribution is -2.36. The van der Waals surface area contributed by atoms with Crippen LogP contribution in [0.3, 0.4) is 0 Å². The Morgan fingerprint density at radius 3 is 2.33 bits per heavy atom. The Kier molecular flexibility index (Phi) is 5.39. The van der Waals surface area contributed by atoms with Gasteiger partial charge in [-0.3, -0.25) is 0 Å². The normalized spacial score (nSPS) is 11.8. The highest BCUT2D eigenvalue weighted by molar-refractivity contribution is 9.10. The standard InChI is InChI=1S/C17H19BrN2O/c1-12-3-5-14(6-4-12)11-19-17(21)20-13(2)15-7-9-16(18)10-8-15/h3-10,13H,11H2,1-2H3,(H2,19,20,21). The maximum atomic E-state index is 11.9. The van der Waals surface area contributed by atoms with Crippen LogP contribution in [-0.2, 0) is 6.54 Å². The van der Waals surface area contributed by atoms with Crippen molar-refractivity contribution in [3.8, 4) is 0 Å².